The number of nitriles is 1. The number of halogens is 3. The molecule has 0 fully saturated rings. The van der Waals surface area contributed by atoms with Crippen LogP contribution in [0.5, 0.6) is 0 Å². The molecule has 0 radical (unpaired) electrons. The molecule has 112 valence electrons. The van der Waals surface area contributed by atoms with E-state index in [0.29, 0.717) is 6.42 Å². The van der Waals surface area contributed by atoms with Crippen molar-refractivity contribution >= 4 is 0 Å². The van der Waals surface area contributed by atoms with Crippen LogP contribution < -0.4 is 5.32 Å². The second-order valence-electron chi connectivity index (χ2n) is 5.27. The predicted molar refractivity (Wildman–Crippen MR) is 69.7 cm³/mol. The summed E-state index contributed by atoms with van der Waals surface area (Å²) in [6, 6.07) is 2.12. The lowest BCUT2D eigenvalue weighted by Gasteiger charge is -2.32. The highest BCUT2D eigenvalue weighted by Crippen LogP contribution is 2.21. The van der Waals surface area contributed by atoms with Crippen LogP contribution in [0.2, 0.25) is 0 Å². The lowest BCUT2D eigenvalue weighted by Crippen LogP contribution is -2.47. The van der Waals surface area contributed by atoms with Crippen molar-refractivity contribution in [2.24, 2.45) is 0 Å². The van der Waals surface area contributed by atoms with E-state index in [1.165, 1.54) is 0 Å². The first kappa shape index (κ1) is 18.2. The van der Waals surface area contributed by atoms with Gasteiger partial charge in [-0.1, -0.05) is 6.92 Å². The van der Waals surface area contributed by atoms with Gasteiger partial charge in [0.05, 0.1) is 12.5 Å². The molecule has 3 nitrogen and oxygen atoms in total. The van der Waals surface area contributed by atoms with Crippen LogP contribution in [0, 0.1) is 11.3 Å². The molecular weight excluding hydrogens is 255 g/mol. The Hall–Kier alpha value is -0.800. The molecule has 19 heavy (non-hydrogen) atoms. The summed E-state index contributed by atoms with van der Waals surface area (Å²) in [5, 5.41) is 12.3. The molecule has 0 bridgehead atoms. The maximum atomic E-state index is 12.2. The van der Waals surface area contributed by atoms with Gasteiger partial charge in [0.1, 0.15) is 5.54 Å². The fourth-order valence-corrected chi connectivity index (χ4v) is 1.83. The van der Waals surface area contributed by atoms with Crippen molar-refractivity contribution in [3.63, 3.8) is 0 Å². The fraction of sp³-hybridized carbons (Fsp3) is 0.923. The van der Waals surface area contributed by atoms with E-state index in [4.69, 9.17) is 0 Å². The van der Waals surface area contributed by atoms with E-state index < -0.39 is 18.1 Å². The first-order chi connectivity index (χ1) is 8.63. The Morgan fingerprint density at radius 1 is 1.37 bits per heavy atom. The van der Waals surface area contributed by atoms with Gasteiger partial charge in [-0.05, 0) is 40.3 Å². The minimum Gasteiger partial charge on any atom is -0.303 e. The monoisotopic (exact) mass is 279 g/mol. The highest BCUT2D eigenvalue weighted by molar-refractivity contribution is 5.05. The molecule has 0 aliphatic heterocycles. The summed E-state index contributed by atoms with van der Waals surface area (Å²) in [5.41, 5.74) is -0.693. The number of alkyl halides is 3. The Kier molecular flexibility index (Phi) is 7.38. The molecule has 0 amide bonds. The van der Waals surface area contributed by atoms with Gasteiger partial charge in [-0.15, -0.1) is 0 Å². The van der Waals surface area contributed by atoms with Crippen molar-refractivity contribution in [1.29, 1.82) is 5.26 Å². The highest BCUT2D eigenvalue weighted by atomic mass is 19.4. The van der Waals surface area contributed by atoms with Gasteiger partial charge in [0.25, 0.3) is 0 Å². The second kappa shape index (κ2) is 7.71. The molecule has 0 aliphatic rings. The zero-order valence-electron chi connectivity index (χ0n) is 12.1. The molecule has 1 N–H and O–H groups in total. The van der Waals surface area contributed by atoms with Gasteiger partial charge in [-0.2, -0.15) is 18.4 Å². The third-order valence-electron chi connectivity index (χ3n) is 3.22. The standard InChI is InChI=1S/C13H24F3N3/c1-5-7-18-12(3,10-17)9-11(2)19(4)8-6-13(14,15)16/h11,18H,5-9H2,1-4H3. The lowest BCUT2D eigenvalue weighted by atomic mass is 9.94. The molecule has 0 spiro atoms. The molecule has 6 heteroatoms. The highest BCUT2D eigenvalue weighted by Gasteiger charge is 2.30. The predicted octanol–water partition coefficient (Wildman–Crippen LogP) is 2.93. The van der Waals surface area contributed by atoms with Gasteiger partial charge >= 0.3 is 6.18 Å². The summed E-state index contributed by atoms with van der Waals surface area (Å²) in [7, 11) is 1.66. The zero-order valence-corrected chi connectivity index (χ0v) is 12.1. The van der Waals surface area contributed by atoms with Crippen LogP contribution in [-0.4, -0.2) is 42.8 Å². The van der Waals surface area contributed by atoms with Gasteiger partial charge in [-0.25, -0.2) is 0 Å². The number of nitrogens with zero attached hydrogens (tertiary/aromatic N) is 2. The Morgan fingerprint density at radius 2 is 1.95 bits per heavy atom. The maximum absolute atomic E-state index is 12.2. The zero-order chi connectivity index (χ0) is 15.1. The van der Waals surface area contributed by atoms with E-state index in [9.17, 15) is 18.4 Å². The number of rotatable bonds is 8. The van der Waals surface area contributed by atoms with Crippen molar-refractivity contribution in [2.75, 3.05) is 20.1 Å². The van der Waals surface area contributed by atoms with E-state index in [1.807, 2.05) is 13.8 Å². The Labute approximate surface area is 113 Å². The minimum atomic E-state index is -4.13. The molecule has 0 saturated carbocycles. The molecular formula is C13H24F3N3. The molecule has 0 aromatic rings. The summed E-state index contributed by atoms with van der Waals surface area (Å²) in [6.07, 6.45) is -3.54. The van der Waals surface area contributed by atoms with E-state index in [0.717, 1.165) is 13.0 Å². The van der Waals surface area contributed by atoms with Crippen LogP contribution >= 0.6 is 0 Å². The van der Waals surface area contributed by atoms with Crippen molar-refractivity contribution in [3.05, 3.63) is 0 Å². The summed E-state index contributed by atoms with van der Waals surface area (Å²) < 4.78 is 36.5. The Morgan fingerprint density at radius 3 is 2.37 bits per heavy atom. The number of nitrogens with one attached hydrogen (secondary N) is 1. The van der Waals surface area contributed by atoms with Crippen LogP contribution in [0.4, 0.5) is 13.2 Å². The van der Waals surface area contributed by atoms with Crippen molar-refractivity contribution in [2.45, 2.75) is 57.8 Å². The molecule has 0 rings (SSSR count). The smallest absolute Gasteiger partial charge is 0.303 e. The molecule has 0 aromatic carbocycles. The first-order valence-electron chi connectivity index (χ1n) is 6.57. The van der Waals surface area contributed by atoms with E-state index in [1.54, 1.807) is 18.9 Å². The Bertz CT molecular complexity index is 298. The quantitative estimate of drug-likeness (QED) is 0.742. The lowest BCUT2D eigenvalue weighted by molar-refractivity contribution is -0.138. The normalized spacial score (nSPS) is 17.0. The van der Waals surface area contributed by atoms with E-state index in [-0.39, 0.29) is 12.6 Å². The molecule has 0 aromatic heterocycles. The van der Waals surface area contributed by atoms with Crippen LogP contribution in [0.1, 0.15) is 40.0 Å². The summed E-state index contributed by atoms with van der Waals surface area (Å²) >= 11 is 0. The third kappa shape index (κ3) is 8.06. The summed E-state index contributed by atoms with van der Waals surface area (Å²) in [6.45, 7) is 6.32. The average Bonchev–Trinajstić information content (AvgIpc) is 2.32. The van der Waals surface area contributed by atoms with Crippen molar-refractivity contribution in [1.82, 2.24) is 10.2 Å². The van der Waals surface area contributed by atoms with Gasteiger partial charge < -0.3 is 4.90 Å². The van der Waals surface area contributed by atoms with Crippen molar-refractivity contribution < 1.29 is 13.2 Å². The average molecular weight is 279 g/mol. The topological polar surface area (TPSA) is 39.1 Å². The van der Waals surface area contributed by atoms with Crippen LogP contribution in [0.25, 0.3) is 0 Å². The van der Waals surface area contributed by atoms with E-state index >= 15 is 0 Å². The van der Waals surface area contributed by atoms with Crippen LogP contribution in [0.15, 0.2) is 0 Å². The summed E-state index contributed by atoms with van der Waals surface area (Å²) in [4.78, 5) is 1.65. The minimum absolute atomic E-state index is 0.0417. The van der Waals surface area contributed by atoms with Crippen LogP contribution in [-0.2, 0) is 0 Å². The maximum Gasteiger partial charge on any atom is 0.390 e. The van der Waals surface area contributed by atoms with Crippen molar-refractivity contribution in [3.8, 4) is 6.07 Å². The SMILES string of the molecule is CCCNC(C)(C#N)CC(C)N(C)CCC(F)(F)F. The molecule has 2 unspecified atom stereocenters. The van der Waals surface area contributed by atoms with Gasteiger partial charge in [0, 0.05) is 12.6 Å². The number of hydrogen-bond acceptors (Lipinski definition) is 3. The largest absolute Gasteiger partial charge is 0.390 e. The first-order valence-corrected chi connectivity index (χ1v) is 6.57. The van der Waals surface area contributed by atoms with Gasteiger partial charge in [0.15, 0.2) is 0 Å². The third-order valence-corrected chi connectivity index (χ3v) is 3.22. The van der Waals surface area contributed by atoms with Gasteiger partial charge in [-0.3, -0.25) is 5.32 Å². The fourth-order valence-electron chi connectivity index (χ4n) is 1.83. The molecule has 2 atom stereocenters. The van der Waals surface area contributed by atoms with Gasteiger partial charge in [0.2, 0.25) is 0 Å². The molecule has 0 aliphatic carbocycles. The van der Waals surface area contributed by atoms with Crippen LogP contribution in [0.3, 0.4) is 0 Å². The molecule has 0 saturated heterocycles. The summed E-state index contributed by atoms with van der Waals surface area (Å²) in [5.74, 6) is 0. The van der Waals surface area contributed by atoms with E-state index in [2.05, 4.69) is 11.4 Å². The second-order valence-corrected chi connectivity index (χ2v) is 5.27. The number of hydrogen-bond donors (Lipinski definition) is 1. The Balaban J connectivity index is 4.33. The molecule has 0 heterocycles.